The van der Waals surface area contributed by atoms with Gasteiger partial charge in [-0.3, -0.25) is 0 Å². The monoisotopic (exact) mass is 1290 g/mol. The third-order valence-corrected chi connectivity index (χ3v) is 23.0. The molecule has 0 radical (unpaired) electrons. The van der Waals surface area contributed by atoms with Crippen LogP contribution >= 0.6 is 0 Å². The van der Waals surface area contributed by atoms with Crippen LogP contribution in [0, 0.1) is 0 Å². The molecule has 0 amide bonds. The maximum Gasteiger partial charge on any atom is 0.0620 e. The molecule has 0 atom stereocenters. The zero-order chi connectivity index (χ0) is 66.4. The third kappa shape index (κ3) is 7.92. The van der Waals surface area contributed by atoms with Gasteiger partial charge in [-0.2, -0.15) is 0 Å². The summed E-state index contributed by atoms with van der Waals surface area (Å²) in [6.07, 6.45) is 1.99. The molecule has 16 aromatic carbocycles. The molecule has 0 spiro atoms. The van der Waals surface area contributed by atoms with Gasteiger partial charge in [0.25, 0.3) is 0 Å². The number of hydrogen-bond acceptors (Lipinski definition) is 0. The van der Waals surface area contributed by atoms with Crippen molar-refractivity contribution < 1.29 is 0 Å². The minimum Gasteiger partial charge on any atom is -0.309 e. The molecular formula is C98H60N4. The van der Waals surface area contributed by atoms with Gasteiger partial charge in [-0.05, 0) is 205 Å². The summed E-state index contributed by atoms with van der Waals surface area (Å²) in [6.45, 7) is 0. The minimum absolute atomic E-state index is 0.973. The van der Waals surface area contributed by atoms with E-state index in [-0.39, 0.29) is 0 Å². The van der Waals surface area contributed by atoms with Crippen molar-refractivity contribution in [2.75, 3.05) is 0 Å². The zero-order valence-electron chi connectivity index (χ0n) is 55.5. The van der Waals surface area contributed by atoms with Crippen LogP contribution in [0.1, 0.15) is 22.3 Å². The second-order valence-corrected chi connectivity index (χ2v) is 28.2. The van der Waals surface area contributed by atoms with Gasteiger partial charge in [0.05, 0.1) is 55.2 Å². The predicted octanol–water partition coefficient (Wildman–Crippen LogP) is 25.7. The van der Waals surface area contributed by atoms with Gasteiger partial charge in [0.15, 0.2) is 0 Å². The lowest BCUT2D eigenvalue weighted by Crippen LogP contribution is -1.93. The Bertz CT molecular complexity index is 7290. The average Bonchev–Trinajstić information content (AvgIpc) is 1.56. The lowest BCUT2D eigenvalue weighted by Gasteiger charge is -2.11. The van der Waals surface area contributed by atoms with Gasteiger partial charge in [-0.15, -0.1) is 0 Å². The molecule has 2 aliphatic carbocycles. The first kappa shape index (κ1) is 55.7. The summed E-state index contributed by atoms with van der Waals surface area (Å²) in [5, 5.41) is 15.5. The van der Waals surface area contributed by atoms with Crippen molar-refractivity contribution in [3.63, 3.8) is 0 Å². The van der Waals surface area contributed by atoms with E-state index in [0.29, 0.717) is 0 Å². The highest BCUT2D eigenvalue weighted by Gasteiger charge is 2.26. The van der Waals surface area contributed by atoms with Crippen LogP contribution in [0.25, 0.3) is 198 Å². The summed E-state index contributed by atoms with van der Waals surface area (Å²) in [5.74, 6) is 0. The molecule has 0 saturated carbocycles. The average molecular weight is 1290 g/mol. The van der Waals surface area contributed by atoms with E-state index in [1.807, 2.05) is 0 Å². The lowest BCUT2D eigenvalue weighted by atomic mass is 9.94. The molecule has 6 aromatic heterocycles. The van der Waals surface area contributed by atoms with Crippen molar-refractivity contribution in [3.8, 4) is 78.1 Å². The van der Waals surface area contributed by atoms with Crippen molar-refractivity contribution in [3.05, 3.63) is 362 Å². The molecule has 0 fully saturated rings. The van der Waals surface area contributed by atoms with Gasteiger partial charge in [-0.1, -0.05) is 237 Å². The number of aromatic nitrogens is 4. The molecule has 0 saturated heterocycles. The fourth-order valence-electron chi connectivity index (χ4n) is 18.4. The number of benzene rings is 16. The first-order chi connectivity index (χ1) is 50.6. The van der Waals surface area contributed by atoms with Crippen LogP contribution in [0.15, 0.2) is 340 Å². The van der Waals surface area contributed by atoms with E-state index in [1.54, 1.807) is 0 Å². The van der Waals surface area contributed by atoms with E-state index >= 15 is 0 Å². The van der Waals surface area contributed by atoms with E-state index < -0.39 is 0 Å². The fraction of sp³-hybridized carbons (Fsp3) is 0.0204. The van der Waals surface area contributed by atoms with Crippen molar-refractivity contribution in [2.45, 2.75) is 12.8 Å². The Morgan fingerprint density at radius 2 is 0.520 bits per heavy atom. The number of nitrogens with zero attached hydrogens (tertiary/aromatic N) is 4. The highest BCUT2D eigenvalue weighted by molar-refractivity contribution is 6.25. The molecule has 0 N–H and O–H groups in total. The number of rotatable bonds is 6. The molecule has 22 aromatic rings. The van der Waals surface area contributed by atoms with Crippen LogP contribution in [0.5, 0.6) is 0 Å². The molecule has 472 valence electrons. The van der Waals surface area contributed by atoms with Crippen LogP contribution in [0.2, 0.25) is 0 Å². The van der Waals surface area contributed by atoms with Gasteiger partial charge in [0.1, 0.15) is 0 Å². The SMILES string of the molecule is c1ccc(-n2c3ccc(-c4ccc5c(c4)-c4ccccc4C5)cc3c3cc(-c4ccc5c6cccc7c8ccccc8n(c5c4)c76)ccc32)cc1.c1ccc(-n2c3ccc(-c4ccc5c6cccc7c8ccccc8n(c5c4)c76)cc3c3cc(-c4cccc5c4Cc4ccccc4-5)ccc32)cc1. The molecule has 4 nitrogen and oxygen atoms in total. The van der Waals surface area contributed by atoms with E-state index in [9.17, 15) is 0 Å². The van der Waals surface area contributed by atoms with Crippen LogP contribution < -0.4 is 0 Å². The summed E-state index contributed by atoms with van der Waals surface area (Å²) in [6, 6.07) is 126. The van der Waals surface area contributed by atoms with Crippen LogP contribution in [0.4, 0.5) is 0 Å². The fourth-order valence-corrected chi connectivity index (χ4v) is 18.4. The maximum absolute atomic E-state index is 2.47. The predicted molar refractivity (Wildman–Crippen MR) is 429 cm³/mol. The molecular weight excluding hydrogens is 1230 g/mol. The Morgan fingerprint density at radius 1 is 0.176 bits per heavy atom. The Morgan fingerprint density at radius 3 is 1.04 bits per heavy atom. The molecule has 2 aliphatic rings. The highest BCUT2D eigenvalue weighted by Crippen LogP contribution is 2.48. The molecule has 6 heterocycles. The third-order valence-electron chi connectivity index (χ3n) is 23.0. The van der Waals surface area contributed by atoms with Crippen molar-refractivity contribution >= 4 is 120 Å². The molecule has 0 aliphatic heterocycles. The van der Waals surface area contributed by atoms with Gasteiger partial charge in [0.2, 0.25) is 0 Å². The number of fused-ring (bicyclic) bond motifs is 24. The van der Waals surface area contributed by atoms with Gasteiger partial charge in [-0.25, -0.2) is 0 Å². The van der Waals surface area contributed by atoms with E-state index in [0.717, 1.165) is 12.8 Å². The topological polar surface area (TPSA) is 18.7 Å². The smallest absolute Gasteiger partial charge is 0.0620 e. The van der Waals surface area contributed by atoms with Crippen molar-refractivity contribution in [1.82, 2.24) is 17.9 Å². The molecule has 24 rings (SSSR count). The van der Waals surface area contributed by atoms with Gasteiger partial charge in [0, 0.05) is 76.0 Å². The molecule has 0 unspecified atom stereocenters. The summed E-state index contributed by atoms with van der Waals surface area (Å²) in [4.78, 5) is 0. The maximum atomic E-state index is 2.47. The Balaban J connectivity index is 0.000000126. The van der Waals surface area contributed by atoms with Gasteiger partial charge < -0.3 is 17.9 Å². The number of hydrogen-bond donors (Lipinski definition) is 0. The minimum atomic E-state index is 0.973. The Kier molecular flexibility index (Phi) is 11.5. The summed E-state index contributed by atoms with van der Waals surface area (Å²) >= 11 is 0. The van der Waals surface area contributed by atoms with E-state index in [2.05, 4.69) is 358 Å². The van der Waals surface area contributed by atoms with Crippen molar-refractivity contribution in [1.29, 1.82) is 0 Å². The lowest BCUT2D eigenvalue weighted by molar-refractivity contribution is 1.18. The highest BCUT2D eigenvalue weighted by atomic mass is 15.0. The van der Waals surface area contributed by atoms with Gasteiger partial charge >= 0.3 is 0 Å². The quantitative estimate of drug-likeness (QED) is 0.158. The second-order valence-electron chi connectivity index (χ2n) is 28.2. The standard InChI is InChI=1S/2C49H30N2/c1-2-11-34(12-3-1)50-46-24-21-30(31-20-23-39-41-18-9-17-40-38-14-6-7-19-45(38)51(49(40)41)48(39)29-31)26-43(46)44-28-33(22-25-47(44)50)36-15-8-16-37-35-13-5-4-10-32(35)27-42(36)37;1-2-10-36(11-3-1)50-46-23-20-31(30-17-18-35-25-34-9-4-5-12-37(34)42(35)26-30)27-43(46)44-28-32(21-24-47(44)50)33-19-22-39-41-15-8-14-40-38-13-6-7-16-45(38)51(49(40)41)48(39)29-33/h1-26,28-29H,27H2;1-24,26-29H,25H2. The van der Waals surface area contributed by atoms with Crippen molar-refractivity contribution in [2.24, 2.45) is 0 Å². The second kappa shape index (κ2) is 21.1. The summed E-state index contributed by atoms with van der Waals surface area (Å²) < 4.78 is 9.78. The normalized spacial score (nSPS) is 12.6. The zero-order valence-corrected chi connectivity index (χ0v) is 55.5. The first-order valence-electron chi connectivity index (χ1n) is 35.6. The Hall–Kier alpha value is -13.3. The van der Waals surface area contributed by atoms with Crippen LogP contribution in [-0.2, 0) is 12.8 Å². The van der Waals surface area contributed by atoms with E-state index in [1.165, 1.54) is 220 Å². The molecule has 0 bridgehead atoms. The molecule has 4 heteroatoms. The molecule has 102 heavy (non-hydrogen) atoms. The van der Waals surface area contributed by atoms with Crippen LogP contribution in [0.3, 0.4) is 0 Å². The van der Waals surface area contributed by atoms with Crippen LogP contribution in [-0.4, -0.2) is 17.9 Å². The Labute approximate surface area is 587 Å². The van der Waals surface area contributed by atoms with E-state index in [4.69, 9.17) is 0 Å². The summed E-state index contributed by atoms with van der Waals surface area (Å²) in [7, 11) is 0. The largest absolute Gasteiger partial charge is 0.309 e. The first-order valence-corrected chi connectivity index (χ1v) is 35.6. The number of para-hydroxylation sites is 6. The summed E-state index contributed by atoms with van der Waals surface area (Å²) in [5.41, 5.74) is 36.0.